The summed E-state index contributed by atoms with van der Waals surface area (Å²) in [7, 11) is -3.46. The van der Waals surface area contributed by atoms with Crippen molar-refractivity contribution in [1.29, 1.82) is 0 Å². The highest BCUT2D eigenvalue weighted by atomic mass is 32.2. The smallest absolute Gasteiger partial charge is 0.269 e. The van der Waals surface area contributed by atoms with Gasteiger partial charge in [-0.15, -0.1) is 0 Å². The van der Waals surface area contributed by atoms with Crippen LogP contribution in [0.3, 0.4) is 0 Å². The topological polar surface area (TPSA) is 117 Å². The lowest BCUT2D eigenvalue weighted by molar-refractivity contribution is 0.0947. The summed E-state index contributed by atoms with van der Waals surface area (Å²) in [5.74, 6) is 0.257. The first-order valence-electron chi connectivity index (χ1n) is 12.7. The lowest BCUT2D eigenvalue weighted by atomic mass is 10.1. The van der Waals surface area contributed by atoms with Crippen LogP contribution < -0.4 is 10.6 Å². The third-order valence-electron chi connectivity index (χ3n) is 6.01. The average Bonchev–Trinajstić information content (AvgIpc) is 2.95. The summed E-state index contributed by atoms with van der Waals surface area (Å²) >= 11 is 0. The van der Waals surface area contributed by atoms with Gasteiger partial charge < -0.3 is 10.6 Å². The number of anilines is 1. The minimum absolute atomic E-state index is 0.216. The fourth-order valence-corrected chi connectivity index (χ4v) is 4.85. The highest BCUT2D eigenvalue weighted by molar-refractivity contribution is 7.88. The van der Waals surface area contributed by atoms with Crippen molar-refractivity contribution in [2.75, 3.05) is 31.2 Å². The van der Waals surface area contributed by atoms with Crippen LogP contribution in [0.25, 0.3) is 11.3 Å². The number of hydrogen-bond donors (Lipinski definition) is 2. The Labute approximate surface area is 229 Å². The first-order valence-corrected chi connectivity index (χ1v) is 14.6. The highest BCUT2D eigenvalue weighted by Crippen LogP contribution is 2.21. The Morgan fingerprint density at radius 2 is 1.67 bits per heavy atom. The molecule has 1 amide bonds. The van der Waals surface area contributed by atoms with Crippen molar-refractivity contribution in [3.8, 4) is 11.3 Å². The zero-order valence-electron chi connectivity index (χ0n) is 21.8. The number of nitrogens with one attached hydrogen (secondary N) is 2. The molecule has 202 valence electrons. The molecule has 0 radical (unpaired) electrons. The van der Waals surface area contributed by atoms with Gasteiger partial charge in [0.1, 0.15) is 5.69 Å². The molecule has 2 heterocycles. The van der Waals surface area contributed by atoms with E-state index in [1.807, 2.05) is 48.5 Å². The third-order valence-corrected chi connectivity index (χ3v) is 7.26. The maximum atomic E-state index is 12.5. The summed E-state index contributed by atoms with van der Waals surface area (Å²) in [4.78, 5) is 25.2. The molecule has 0 aliphatic heterocycles. The minimum Gasteiger partial charge on any atom is -0.354 e. The van der Waals surface area contributed by atoms with E-state index < -0.39 is 10.0 Å². The van der Waals surface area contributed by atoms with Crippen LogP contribution in [0, 0.1) is 0 Å². The summed E-state index contributed by atoms with van der Waals surface area (Å²) in [5.41, 5.74) is 4.02. The van der Waals surface area contributed by atoms with Gasteiger partial charge in [-0.3, -0.25) is 9.78 Å². The highest BCUT2D eigenvalue weighted by Gasteiger charge is 2.17. The van der Waals surface area contributed by atoms with E-state index in [4.69, 9.17) is 0 Å². The summed E-state index contributed by atoms with van der Waals surface area (Å²) in [5, 5.41) is 6.06. The van der Waals surface area contributed by atoms with Gasteiger partial charge in [-0.2, -0.15) is 4.31 Å². The maximum absolute atomic E-state index is 12.5. The fourth-order valence-electron chi connectivity index (χ4n) is 4.01. The number of aromatic nitrogens is 3. The first kappa shape index (κ1) is 27.9. The molecule has 0 spiro atoms. The number of rotatable bonds is 13. The van der Waals surface area contributed by atoms with E-state index in [-0.39, 0.29) is 19.0 Å². The number of hydrogen-bond acceptors (Lipinski definition) is 7. The van der Waals surface area contributed by atoms with E-state index in [1.54, 1.807) is 30.6 Å². The van der Waals surface area contributed by atoms with Crippen LogP contribution in [-0.2, 0) is 23.0 Å². The second-order valence-corrected chi connectivity index (χ2v) is 11.0. The van der Waals surface area contributed by atoms with E-state index in [0.717, 1.165) is 23.2 Å². The van der Waals surface area contributed by atoms with Gasteiger partial charge in [-0.25, -0.2) is 18.4 Å². The van der Waals surface area contributed by atoms with E-state index in [0.29, 0.717) is 31.2 Å². The molecule has 0 atom stereocenters. The summed E-state index contributed by atoms with van der Waals surface area (Å²) < 4.78 is 26.4. The Balaban J connectivity index is 1.35. The van der Waals surface area contributed by atoms with Gasteiger partial charge in [-0.1, -0.05) is 54.6 Å². The van der Waals surface area contributed by atoms with Gasteiger partial charge in [0.25, 0.3) is 5.91 Å². The SMILES string of the molecule is CS(=O)(=O)N(CCCNC(=O)c1ccccn1)Cc1cccc(-c2ccnc(NCCc3ccccc3)n2)c1. The normalized spacial score (nSPS) is 11.3. The molecule has 0 bridgehead atoms. The Morgan fingerprint density at radius 3 is 2.44 bits per heavy atom. The number of amides is 1. The van der Waals surface area contributed by atoms with Crippen LogP contribution in [0.5, 0.6) is 0 Å². The van der Waals surface area contributed by atoms with Crippen LogP contribution >= 0.6 is 0 Å². The number of carbonyl (C=O) groups excluding carboxylic acids is 1. The molecule has 0 saturated heterocycles. The molecule has 4 aromatic rings. The standard InChI is InChI=1S/C29H32N6O3S/c1-39(37,38)35(20-8-17-31-28(36)27-13-5-6-16-30-27)22-24-11-7-12-25(21-24)26-15-19-33-29(34-26)32-18-14-23-9-3-2-4-10-23/h2-7,9-13,15-16,19,21H,8,14,17-18,20,22H2,1H3,(H,31,36)(H,32,33,34). The fraction of sp³-hybridized carbons (Fsp3) is 0.241. The van der Waals surface area contributed by atoms with Crippen LogP contribution in [-0.4, -0.2) is 59.5 Å². The van der Waals surface area contributed by atoms with Gasteiger partial charge in [0.2, 0.25) is 16.0 Å². The molecule has 2 aromatic heterocycles. The first-order chi connectivity index (χ1) is 18.9. The van der Waals surface area contributed by atoms with Crippen LogP contribution in [0.4, 0.5) is 5.95 Å². The molecular formula is C29H32N6O3S. The van der Waals surface area contributed by atoms with Crippen molar-refractivity contribution in [2.45, 2.75) is 19.4 Å². The van der Waals surface area contributed by atoms with E-state index in [9.17, 15) is 13.2 Å². The number of carbonyl (C=O) groups is 1. The summed E-state index contributed by atoms with van der Waals surface area (Å²) in [6, 6.07) is 24.8. The molecule has 10 heteroatoms. The van der Waals surface area contributed by atoms with Crippen LogP contribution in [0.2, 0.25) is 0 Å². The molecule has 0 aliphatic rings. The minimum atomic E-state index is -3.46. The van der Waals surface area contributed by atoms with Crippen molar-refractivity contribution < 1.29 is 13.2 Å². The largest absolute Gasteiger partial charge is 0.354 e. The number of nitrogens with zero attached hydrogens (tertiary/aromatic N) is 4. The summed E-state index contributed by atoms with van der Waals surface area (Å²) in [6.07, 6.45) is 5.79. The lowest BCUT2D eigenvalue weighted by Crippen LogP contribution is -2.33. The average molecular weight is 545 g/mol. The van der Waals surface area contributed by atoms with Gasteiger partial charge in [-0.05, 0) is 48.2 Å². The molecule has 0 fully saturated rings. The molecule has 9 nitrogen and oxygen atoms in total. The van der Waals surface area contributed by atoms with Crippen molar-refractivity contribution in [1.82, 2.24) is 24.6 Å². The predicted molar refractivity (Wildman–Crippen MR) is 153 cm³/mol. The molecular weight excluding hydrogens is 512 g/mol. The molecule has 0 unspecified atom stereocenters. The van der Waals surface area contributed by atoms with Gasteiger partial charge in [0.15, 0.2) is 0 Å². The Bertz CT molecular complexity index is 1470. The molecule has 4 rings (SSSR count). The Kier molecular flexibility index (Phi) is 9.71. The van der Waals surface area contributed by atoms with Crippen LogP contribution in [0.1, 0.15) is 28.0 Å². The second-order valence-electron chi connectivity index (χ2n) is 9.05. The molecule has 0 saturated carbocycles. The van der Waals surface area contributed by atoms with Gasteiger partial charge in [0.05, 0.1) is 11.9 Å². The van der Waals surface area contributed by atoms with Crippen molar-refractivity contribution >= 4 is 21.9 Å². The van der Waals surface area contributed by atoms with E-state index in [1.165, 1.54) is 16.1 Å². The molecule has 0 aliphatic carbocycles. The van der Waals surface area contributed by atoms with E-state index >= 15 is 0 Å². The number of pyridine rings is 1. The molecule has 2 N–H and O–H groups in total. The van der Waals surface area contributed by atoms with Gasteiger partial charge in [0, 0.05) is 44.1 Å². The van der Waals surface area contributed by atoms with Crippen molar-refractivity contribution in [3.63, 3.8) is 0 Å². The zero-order chi connectivity index (χ0) is 27.5. The van der Waals surface area contributed by atoms with Gasteiger partial charge >= 0.3 is 0 Å². The molecule has 39 heavy (non-hydrogen) atoms. The number of sulfonamides is 1. The van der Waals surface area contributed by atoms with E-state index in [2.05, 4.69) is 37.7 Å². The summed E-state index contributed by atoms with van der Waals surface area (Å²) in [6.45, 7) is 1.53. The maximum Gasteiger partial charge on any atom is 0.269 e. The predicted octanol–water partition coefficient (Wildman–Crippen LogP) is 3.77. The zero-order valence-corrected chi connectivity index (χ0v) is 22.6. The monoisotopic (exact) mass is 544 g/mol. The quantitative estimate of drug-likeness (QED) is 0.246. The molecule has 2 aromatic carbocycles. The van der Waals surface area contributed by atoms with Crippen molar-refractivity contribution in [3.05, 3.63) is 108 Å². The lowest BCUT2D eigenvalue weighted by Gasteiger charge is -2.20. The Morgan fingerprint density at radius 1 is 0.872 bits per heavy atom. The second kappa shape index (κ2) is 13.6. The van der Waals surface area contributed by atoms with Crippen LogP contribution in [0.15, 0.2) is 91.3 Å². The third kappa shape index (κ3) is 8.69. The number of benzene rings is 2. The van der Waals surface area contributed by atoms with Crippen molar-refractivity contribution in [2.24, 2.45) is 0 Å². The Hall–Kier alpha value is -4.15.